The number of aromatic hydroxyl groups is 1. The minimum Gasteiger partial charge on any atom is -0.508 e. The van der Waals surface area contributed by atoms with Crippen molar-refractivity contribution in [3.8, 4) is 11.5 Å². The van der Waals surface area contributed by atoms with Gasteiger partial charge in [-0.3, -0.25) is 9.69 Å². The second kappa shape index (κ2) is 14.3. The largest absolute Gasteiger partial charge is 0.508 e. The highest BCUT2D eigenvalue weighted by molar-refractivity contribution is 5.55. The van der Waals surface area contributed by atoms with Crippen LogP contribution in [0.4, 0.5) is 11.4 Å². The zero-order valence-corrected chi connectivity index (χ0v) is 28.3. The van der Waals surface area contributed by atoms with Crippen molar-refractivity contribution in [2.45, 2.75) is 38.1 Å². The summed E-state index contributed by atoms with van der Waals surface area (Å²) in [5.41, 5.74) is 8.72. The Balaban J connectivity index is 0.941. The number of hydrogen-bond donors (Lipinski definition) is 1. The Hall–Kier alpha value is -4.49. The van der Waals surface area contributed by atoms with Gasteiger partial charge in [-0.2, -0.15) is 0 Å². The number of rotatable bonds is 9. The molecule has 0 saturated carbocycles. The summed E-state index contributed by atoms with van der Waals surface area (Å²) in [5.74, 6) is 2.12. The zero-order valence-electron chi connectivity index (χ0n) is 28.3. The van der Waals surface area contributed by atoms with Crippen LogP contribution in [0.3, 0.4) is 0 Å². The monoisotopic (exact) mass is 644 g/mol. The summed E-state index contributed by atoms with van der Waals surface area (Å²) >= 11 is 0. The van der Waals surface area contributed by atoms with Crippen LogP contribution < -0.4 is 14.5 Å². The molecule has 1 amide bonds. The van der Waals surface area contributed by atoms with Gasteiger partial charge in [-0.05, 0) is 78.3 Å². The maximum Gasteiger partial charge on any atom is 0.209 e. The van der Waals surface area contributed by atoms with Crippen LogP contribution in [0.2, 0.25) is 0 Å². The summed E-state index contributed by atoms with van der Waals surface area (Å²) < 4.78 is 6.17. The molecule has 4 aromatic carbocycles. The van der Waals surface area contributed by atoms with Crippen molar-refractivity contribution in [1.82, 2.24) is 9.80 Å². The quantitative estimate of drug-likeness (QED) is 0.206. The number of amides is 1. The van der Waals surface area contributed by atoms with E-state index in [1.165, 1.54) is 53.0 Å². The van der Waals surface area contributed by atoms with Crippen molar-refractivity contribution in [3.63, 3.8) is 0 Å². The molecule has 0 aromatic heterocycles. The molecule has 3 aliphatic rings. The Morgan fingerprint density at radius 2 is 1.52 bits per heavy atom. The lowest BCUT2D eigenvalue weighted by Crippen LogP contribution is -2.49. The molecule has 7 nitrogen and oxygen atoms in total. The van der Waals surface area contributed by atoms with Crippen molar-refractivity contribution < 1.29 is 14.6 Å². The molecular weight excluding hydrogens is 596 g/mol. The van der Waals surface area contributed by atoms with E-state index in [-0.39, 0.29) is 17.6 Å². The highest BCUT2D eigenvalue weighted by Gasteiger charge is 2.34. The molecule has 0 bridgehead atoms. The van der Waals surface area contributed by atoms with E-state index in [1.54, 1.807) is 17.0 Å². The van der Waals surface area contributed by atoms with Gasteiger partial charge in [0.05, 0.1) is 6.61 Å². The minimum atomic E-state index is 0.161. The molecule has 2 saturated heterocycles. The standard InChI is InChI=1S/C41H48N4O3/c1-30-8-11-36(24-34(30)27-42(2)29-46)45-22-20-43(21-23-45)26-31-16-18-44(19-17-31)35-12-9-33(10-13-35)41-38-15-14-37(47)25-40(38)48-28-39(41)32-6-4-3-5-7-32/h3-15,24-25,29,31,39,41,47H,16-23,26-28H2,1-2H3. The van der Waals surface area contributed by atoms with Crippen molar-refractivity contribution >= 4 is 17.8 Å². The van der Waals surface area contributed by atoms with Crippen molar-refractivity contribution in [2.75, 3.05) is 69.3 Å². The van der Waals surface area contributed by atoms with Gasteiger partial charge in [-0.1, -0.05) is 54.6 Å². The molecule has 250 valence electrons. The molecule has 2 atom stereocenters. The average Bonchev–Trinajstić information content (AvgIpc) is 3.13. The summed E-state index contributed by atoms with van der Waals surface area (Å²) in [4.78, 5) is 20.6. The van der Waals surface area contributed by atoms with Crippen molar-refractivity contribution in [2.24, 2.45) is 5.92 Å². The van der Waals surface area contributed by atoms with Gasteiger partial charge in [-0.15, -0.1) is 0 Å². The summed E-state index contributed by atoms with van der Waals surface area (Å²) in [6, 6.07) is 32.1. The Morgan fingerprint density at radius 3 is 2.25 bits per heavy atom. The maximum atomic E-state index is 11.2. The minimum absolute atomic E-state index is 0.161. The first kappa shape index (κ1) is 32.1. The second-order valence-corrected chi connectivity index (χ2v) is 14.0. The van der Waals surface area contributed by atoms with Crippen LogP contribution in [0.15, 0.2) is 91.0 Å². The van der Waals surface area contributed by atoms with E-state index in [9.17, 15) is 9.90 Å². The van der Waals surface area contributed by atoms with E-state index in [0.29, 0.717) is 13.2 Å². The van der Waals surface area contributed by atoms with E-state index in [0.717, 1.165) is 62.9 Å². The number of anilines is 2. The molecule has 3 aliphatic heterocycles. The van der Waals surface area contributed by atoms with Gasteiger partial charge in [0.15, 0.2) is 0 Å². The molecule has 4 aromatic rings. The van der Waals surface area contributed by atoms with Crippen molar-refractivity contribution in [1.29, 1.82) is 0 Å². The SMILES string of the molecule is Cc1ccc(N2CCN(CC3CCN(c4ccc(C5c6ccc(O)cc6OCC5c5ccccc5)cc4)CC3)CC2)cc1CN(C)C=O. The lowest BCUT2D eigenvalue weighted by molar-refractivity contribution is -0.117. The number of hydrogen-bond acceptors (Lipinski definition) is 6. The molecule has 2 unspecified atom stereocenters. The van der Waals surface area contributed by atoms with Crippen LogP contribution in [-0.2, 0) is 11.3 Å². The van der Waals surface area contributed by atoms with Gasteiger partial charge < -0.3 is 24.5 Å². The summed E-state index contributed by atoms with van der Waals surface area (Å²) in [6.45, 7) is 11.0. The number of fused-ring (bicyclic) bond motifs is 1. The Kier molecular flexibility index (Phi) is 9.57. The van der Waals surface area contributed by atoms with Crippen molar-refractivity contribution in [3.05, 3.63) is 119 Å². The zero-order chi connectivity index (χ0) is 33.0. The van der Waals surface area contributed by atoms with Gasteiger partial charge in [0.2, 0.25) is 6.41 Å². The van der Waals surface area contributed by atoms with Gasteiger partial charge in [0.1, 0.15) is 11.5 Å². The summed E-state index contributed by atoms with van der Waals surface area (Å²) in [6.07, 6.45) is 3.34. The number of ether oxygens (including phenoxy) is 1. The molecule has 1 N–H and O–H groups in total. The van der Waals surface area contributed by atoms with Crippen LogP contribution in [0, 0.1) is 12.8 Å². The van der Waals surface area contributed by atoms with E-state index >= 15 is 0 Å². The Labute approximate surface area is 285 Å². The third kappa shape index (κ3) is 7.02. The third-order valence-electron chi connectivity index (χ3n) is 10.8. The molecule has 0 spiro atoms. The van der Waals surface area contributed by atoms with Crippen LogP contribution >= 0.6 is 0 Å². The number of carbonyl (C=O) groups excluding carboxylic acids is 1. The highest BCUT2D eigenvalue weighted by Crippen LogP contribution is 2.47. The molecule has 0 aliphatic carbocycles. The average molecular weight is 645 g/mol. The van der Waals surface area contributed by atoms with E-state index < -0.39 is 0 Å². The number of aryl methyl sites for hydroxylation is 1. The number of piperidine rings is 1. The Morgan fingerprint density at radius 1 is 0.812 bits per heavy atom. The number of benzene rings is 4. The van der Waals surface area contributed by atoms with Gasteiger partial charge in [-0.25, -0.2) is 0 Å². The number of phenols is 1. The fourth-order valence-corrected chi connectivity index (χ4v) is 7.95. The number of carbonyl (C=O) groups is 1. The Bertz CT molecular complexity index is 1680. The van der Waals surface area contributed by atoms with E-state index in [2.05, 4.69) is 94.4 Å². The first-order valence-electron chi connectivity index (χ1n) is 17.5. The predicted octanol–water partition coefficient (Wildman–Crippen LogP) is 6.64. The fourth-order valence-electron chi connectivity index (χ4n) is 7.95. The number of piperazine rings is 1. The smallest absolute Gasteiger partial charge is 0.209 e. The summed E-state index contributed by atoms with van der Waals surface area (Å²) in [5, 5.41) is 10.1. The van der Waals surface area contributed by atoms with Crippen LogP contribution in [0.5, 0.6) is 11.5 Å². The summed E-state index contributed by atoms with van der Waals surface area (Å²) in [7, 11) is 1.83. The molecule has 48 heavy (non-hydrogen) atoms. The second-order valence-electron chi connectivity index (χ2n) is 14.0. The normalized spacial score (nSPS) is 20.2. The highest BCUT2D eigenvalue weighted by atomic mass is 16.5. The molecule has 2 fully saturated rings. The van der Waals surface area contributed by atoms with Crippen LogP contribution in [-0.4, -0.2) is 80.8 Å². The van der Waals surface area contributed by atoms with Crippen LogP contribution in [0.25, 0.3) is 0 Å². The first-order valence-corrected chi connectivity index (χ1v) is 17.5. The molecule has 7 heteroatoms. The fraction of sp³-hybridized carbons (Fsp3) is 0.390. The molecule has 7 rings (SSSR count). The van der Waals surface area contributed by atoms with E-state index in [1.807, 2.05) is 13.1 Å². The van der Waals surface area contributed by atoms with Crippen LogP contribution in [0.1, 0.15) is 52.5 Å². The number of phenolic OH excluding ortho intramolecular Hbond substituents is 1. The van der Waals surface area contributed by atoms with E-state index in [4.69, 9.17) is 4.74 Å². The third-order valence-corrected chi connectivity index (χ3v) is 10.8. The first-order chi connectivity index (χ1) is 23.4. The van der Waals surface area contributed by atoms with Gasteiger partial charge >= 0.3 is 0 Å². The topological polar surface area (TPSA) is 59.5 Å². The van der Waals surface area contributed by atoms with Gasteiger partial charge in [0, 0.05) is 94.2 Å². The molecule has 3 heterocycles. The lowest BCUT2D eigenvalue weighted by atomic mass is 9.76. The molecular formula is C41H48N4O3. The number of nitrogens with zero attached hydrogens (tertiary/aromatic N) is 4. The predicted molar refractivity (Wildman–Crippen MR) is 193 cm³/mol. The lowest BCUT2D eigenvalue weighted by Gasteiger charge is -2.40. The van der Waals surface area contributed by atoms with Gasteiger partial charge in [0.25, 0.3) is 0 Å². The molecule has 0 radical (unpaired) electrons. The maximum absolute atomic E-state index is 11.2.